The van der Waals surface area contributed by atoms with Crippen LogP contribution in [0.1, 0.15) is 44.8 Å². The first-order chi connectivity index (χ1) is 7.72. The summed E-state index contributed by atoms with van der Waals surface area (Å²) in [6, 6.07) is 3.70. The smallest absolute Gasteiger partial charge is 0.218 e. The molecule has 1 unspecified atom stereocenters. The second kappa shape index (κ2) is 6.48. The Balaban J connectivity index is 2.75. The SMILES string of the molecule is CCC(CC)CC(O)c1cccnc1OC. The second-order valence-corrected chi connectivity index (χ2v) is 4.04. The van der Waals surface area contributed by atoms with Crippen LogP contribution in [0.5, 0.6) is 5.88 Å². The average Bonchev–Trinajstić information content (AvgIpc) is 2.35. The molecule has 1 heterocycles. The molecule has 0 aliphatic carbocycles. The molecular formula is C13H21NO2. The first-order valence-electron chi connectivity index (χ1n) is 5.89. The molecule has 0 aromatic carbocycles. The summed E-state index contributed by atoms with van der Waals surface area (Å²) < 4.78 is 5.14. The quantitative estimate of drug-likeness (QED) is 0.806. The molecule has 0 fully saturated rings. The van der Waals surface area contributed by atoms with Gasteiger partial charge in [0.2, 0.25) is 5.88 Å². The minimum Gasteiger partial charge on any atom is -0.481 e. The van der Waals surface area contributed by atoms with E-state index in [0.29, 0.717) is 11.8 Å². The van der Waals surface area contributed by atoms with E-state index in [0.717, 1.165) is 24.8 Å². The minimum atomic E-state index is -0.478. The Bertz CT molecular complexity index is 311. The molecule has 0 amide bonds. The van der Waals surface area contributed by atoms with Crippen LogP contribution in [-0.4, -0.2) is 17.2 Å². The van der Waals surface area contributed by atoms with E-state index < -0.39 is 6.10 Å². The third kappa shape index (κ3) is 3.20. The van der Waals surface area contributed by atoms with Gasteiger partial charge in [-0.25, -0.2) is 4.98 Å². The molecule has 1 N–H and O–H groups in total. The Morgan fingerprint density at radius 2 is 2.06 bits per heavy atom. The summed E-state index contributed by atoms with van der Waals surface area (Å²) in [6.45, 7) is 4.31. The lowest BCUT2D eigenvalue weighted by Gasteiger charge is -2.18. The number of aliphatic hydroxyl groups excluding tert-OH is 1. The lowest BCUT2D eigenvalue weighted by Crippen LogP contribution is -2.08. The number of methoxy groups -OCH3 is 1. The Morgan fingerprint density at radius 3 is 2.62 bits per heavy atom. The number of aliphatic hydroxyl groups is 1. The topological polar surface area (TPSA) is 42.4 Å². The fraction of sp³-hybridized carbons (Fsp3) is 0.615. The van der Waals surface area contributed by atoms with Crippen LogP contribution in [0, 0.1) is 5.92 Å². The van der Waals surface area contributed by atoms with Crippen molar-refractivity contribution in [1.82, 2.24) is 4.98 Å². The first kappa shape index (κ1) is 13.0. The molecular weight excluding hydrogens is 202 g/mol. The van der Waals surface area contributed by atoms with Crippen LogP contribution in [0.15, 0.2) is 18.3 Å². The zero-order chi connectivity index (χ0) is 12.0. The summed E-state index contributed by atoms with van der Waals surface area (Å²) >= 11 is 0. The molecule has 90 valence electrons. The Labute approximate surface area is 97.5 Å². The number of hydrogen-bond acceptors (Lipinski definition) is 3. The predicted molar refractivity (Wildman–Crippen MR) is 64.4 cm³/mol. The normalized spacial score (nSPS) is 12.8. The van der Waals surface area contributed by atoms with Gasteiger partial charge in [-0.05, 0) is 24.5 Å². The molecule has 1 rings (SSSR count). The summed E-state index contributed by atoms with van der Waals surface area (Å²) in [6.07, 6.45) is 4.15. The lowest BCUT2D eigenvalue weighted by molar-refractivity contribution is 0.137. The van der Waals surface area contributed by atoms with E-state index in [4.69, 9.17) is 4.74 Å². The fourth-order valence-electron chi connectivity index (χ4n) is 1.89. The maximum absolute atomic E-state index is 10.1. The van der Waals surface area contributed by atoms with Crippen molar-refractivity contribution in [3.05, 3.63) is 23.9 Å². The minimum absolute atomic E-state index is 0.478. The van der Waals surface area contributed by atoms with Crippen molar-refractivity contribution in [3.63, 3.8) is 0 Å². The van der Waals surface area contributed by atoms with E-state index in [1.807, 2.05) is 12.1 Å². The summed E-state index contributed by atoms with van der Waals surface area (Å²) in [4.78, 5) is 4.09. The predicted octanol–water partition coefficient (Wildman–Crippen LogP) is 2.95. The zero-order valence-electron chi connectivity index (χ0n) is 10.3. The summed E-state index contributed by atoms with van der Waals surface area (Å²) in [7, 11) is 1.58. The number of nitrogens with zero attached hydrogens (tertiary/aromatic N) is 1. The molecule has 0 bridgehead atoms. The molecule has 0 radical (unpaired) electrons. The highest BCUT2D eigenvalue weighted by molar-refractivity contribution is 5.27. The van der Waals surface area contributed by atoms with Gasteiger partial charge in [0.15, 0.2) is 0 Å². The lowest BCUT2D eigenvalue weighted by atomic mass is 9.93. The van der Waals surface area contributed by atoms with Crippen molar-refractivity contribution in [2.24, 2.45) is 5.92 Å². The first-order valence-corrected chi connectivity index (χ1v) is 5.89. The van der Waals surface area contributed by atoms with Crippen molar-refractivity contribution in [2.75, 3.05) is 7.11 Å². The van der Waals surface area contributed by atoms with Gasteiger partial charge in [0.1, 0.15) is 0 Å². The maximum Gasteiger partial charge on any atom is 0.218 e. The van der Waals surface area contributed by atoms with Gasteiger partial charge in [-0.2, -0.15) is 0 Å². The molecule has 0 aliphatic heterocycles. The maximum atomic E-state index is 10.1. The fourth-order valence-corrected chi connectivity index (χ4v) is 1.89. The van der Waals surface area contributed by atoms with Crippen LogP contribution in [0.25, 0.3) is 0 Å². The molecule has 0 spiro atoms. The number of pyridine rings is 1. The third-order valence-electron chi connectivity index (χ3n) is 3.06. The Hall–Kier alpha value is -1.09. The second-order valence-electron chi connectivity index (χ2n) is 4.04. The van der Waals surface area contributed by atoms with E-state index >= 15 is 0 Å². The highest BCUT2D eigenvalue weighted by atomic mass is 16.5. The van der Waals surface area contributed by atoms with E-state index in [1.165, 1.54) is 0 Å². The zero-order valence-corrected chi connectivity index (χ0v) is 10.3. The van der Waals surface area contributed by atoms with Gasteiger partial charge in [0.25, 0.3) is 0 Å². The van der Waals surface area contributed by atoms with Gasteiger partial charge in [0, 0.05) is 11.8 Å². The Kier molecular flexibility index (Phi) is 5.26. The molecule has 3 heteroatoms. The van der Waals surface area contributed by atoms with Crippen molar-refractivity contribution >= 4 is 0 Å². The van der Waals surface area contributed by atoms with E-state index in [2.05, 4.69) is 18.8 Å². The summed E-state index contributed by atoms with van der Waals surface area (Å²) in [5.41, 5.74) is 0.789. The van der Waals surface area contributed by atoms with Gasteiger partial charge in [0.05, 0.1) is 13.2 Å². The summed E-state index contributed by atoms with van der Waals surface area (Å²) in [5.74, 6) is 1.08. The van der Waals surface area contributed by atoms with Crippen LogP contribution in [0.3, 0.4) is 0 Å². The molecule has 0 saturated carbocycles. The van der Waals surface area contributed by atoms with Gasteiger partial charge in [-0.15, -0.1) is 0 Å². The van der Waals surface area contributed by atoms with Gasteiger partial charge < -0.3 is 9.84 Å². The highest BCUT2D eigenvalue weighted by Crippen LogP contribution is 2.29. The van der Waals surface area contributed by atoms with E-state index in [-0.39, 0.29) is 0 Å². The number of aromatic nitrogens is 1. The average molecular weight is 223 g/mol. The van der Waals surface area contributed by atoms with Crippen LogP contribution < -0.4 is 4.74 Å². The van der Waals surface area contributed by atoms with Crippen molar-refractivity contribution in [2.45, 2.75) is 39.2 Å². The van der Waals surface area contributed by atoms with Crippen LogP contribution in [-0.2, 0) is 0 Å². The van der Waals surface area contributed by atoms with Crippen molar-refractivity contribution < 1.29 is 9.84 Å². The van der Waals surface area contributed by atoms with Gasteiger partial charge >= 0.3 is 0 Å². The summed E-state index contributed by atoms with van der Waals surface area (Å²) in [5, 5.41) is 10.1. The molecule has 1 aromatic rings. The molecule has 1 aromatic heterocycles. The van der Waals surface area contributed by atoms with Gasteiger partial charge in [-0.1, -0.05) is 26.7 Å². The largest absolute Gasteiger partial charge is 0.481 e. The Morgan fingerprint density at radius 1 is 1.38 bits per heavy atom. The van der Waals surface area contributed by atoms with E-state index in [9.17, 15) is 5.11 Å². The highest BCUT2D eigenvalue weighted by Gasteiger charge is 2.17. The number of hydrogen-bond donors (Lipinski definition) is 1. The van der Waals surface area contributed by atoms with Crippen molar-refractivity contribution in [3.8, 4) is 5.88 Å². The van der Waals surface area contributed by atoms with Gasteiger partial charge in [-0.3, -0.25) is 0 Å². The number of rotatable bonds is 6. The number of ether oxygens (including phenoxy) is 1. The van der Waals surface area contributed by atoms with E-state index in [1.54, 1.807) is 13.3 Å². The monoisotopic (exact) mass is 223 g/mol. The molecule has 1 atom stereocenters. The van der Waals surface area contributed by atoms with Crippen LogP contribution in [0.2, 0.25) is 0 Å². The van der Waals surface area contributed by atoms with Crippen molar-refractivity contribution in [1.29, 1.82) is 0 Å². The molecule has 0 saturated heterocycles. The van der Waals surface area contributed by atoms with Crippen LogP contribution in [0.4, 0.5) is 0 Å². The molecule has 0 aliphatic rings. The molecule has 3 nitrogen and oxygen atoms in total. The third-order valence-corrected chi connectivity index (χ3v) is 3.06. The molecule has 16 heavy (non-hydrogen) atoms. The standard InChI is InChI=1S/C13H21NO2/c1-4-10(5-2)9-12(15)11-7-6-8-14-13(11)16-3/h6-8,10,12,15H,4-5,9H2,1-3H3. The van der Waals surface area contributed by atoms with Crippen LogP contribution >= 0.6 is 0 Å².